The molecule has 4 heterocycles. The number of hydrogen-bond acceptors (Lipinski definition) is 4. The number of aromatic nitrogens is 3. The van der Waals surface area contributed by atoms with Crippen LogP contribution in [-0.2, 0) is 11.3 Å². The second-order valence-corrected chi connectivity index (χ2v) is 9.64. The van der Waals surface area contributed by atoms with Crippen LogP contribution in [0.15, 0.2) is 85.3 Å². The third-order valence-electron chi connectivity index (χ3n) is 6.83. The lowest BCUT2D eigenvalue weighted by atomic mass is 9.96. The molecule has 1 aromatic carbocycles. The molecule has 2 N–H and O–H groups in total. The first-order valence-corrected chi connectivity index (χ1v) is 12.8. The van der Waals surface area contributed by atoms with Gasteiger partial charge in [-0.2, -0.15) is 0 Å². The molecule has 8 heteroatoms. The molecule has 0 aliphatic carbocycles. The van der Waals surface area contributed by atoms with Gasteiger partial charge in [-0.05, 0) is 73.6 Å². The smallest absolute Gasteiger partial charge is 0.226 e. The predicted molar refractivity (Wildman–Crippen MR) is 149 cm³/mol. The minimum atomic E-state index is -0.127. The van der Waals surface area contributed by atoms with Crippen LogP contribution in [0.5, 0.6) is 0 Å². The maximum absolute atomic E-state index is 12.8. The standard InChI is InChI=1S/C29H30N6OS/c1-20-17-24(21(2)35(20)19-22-9-8-14-30-18-22)28-27(25-12-6-7-15-31-25)33-29(37)34(28)16-13-26(36)32-23-10-4-3-5-11-23/h3-12,14-15,17-18,27-28H,13,16,19H2,1-2H3,(H,32,36)(H,33,37)/t27-,28-/m1/s1. The van der Waals surface area contributed by atoms with Gasteiger partial charge in [0.25, 0.3) is 0 Å². The minimum absolute atomic E-state index is 0.0453. The zero-order chi connectivity index (χ0) is 25.8. The van der Waals surface area contributed by atoms with Crippen molar-refractivity contribution in [1.82, 2.24) is 24.8 Å². The van der Waals surface area contributed by atoms with E-state index in [4.69, 9.17) is 12.2 Å². The summed E-state index contributed by atoms with van der Waals surface area (Å²) in [5, 5.41) is 7.10. The first kappa shape index (κ1) is 24.6. The number of carbonyl (C=O) groups excluding carboxylic acids is 1. The number of amides is 1. The molecule has 0 radical (unpaired) electrons. The predicted octanol–water partition coefficient (Wildman–Crippen LogP) is 4.94. The largest absolute Gasteiger partial charge is 0.352 e. The monoisotopic (exact) mass is 510 g/mol. The highest BCUT2D eigenvalue weighted by Gasteiger charge is 2.41. The van der Waals surface area contributed by atoms with E-state index in [1.807, 2.05) is 60.8 Å². The van der Waals surface area contributed by atoms with Gasteiger partial charge >= 0.3 is 0 Å². The molecule has 1 aliphatic rings. The average Bonchev–Trinajstić information content (AvgIpc) is 3.39. The van der Waals surface area contributed by atoms with Crippen molar-refractivity contribution in [2.24, 2.45) is 0 Å². The fourth-order valence-electron chi connectivity index (χ4n) is 5.00. The summed E-state index contributed by atoms with van der Waals surface area (Å²) in [6.45, 7) is 5.51. The van der Waals surface area contributed by atoms with Crippen LogP contribution in [0.4, 0.5) is 5.69 Å². The summed E-state index contributed by atoms with van der Waals surface area (Å²) < 4.78 is 2.31. The van der Waals surface area contributed by atoms with E-state index in [1.54, 1.807) is 12.4 Å². The molecule has 1 amide bonds. The Labute approximate surface area is 222 Å². The molecule has 7 nitrogen and oxygen atoms in total. The quantitative estimate of drug-likeness (QED) is 0.327. The highest BCUT2D eigenvalue weighted by Crippen LogP contribution is 2.41. The van der Waals surface area contributed by atoms with Crippen molar-refractivity contribution in [2.45, 2.75) is 38.9 Å². The van der Waals surface area contributed by atoms with Gasteiger partial charge in [-0.15, -0.1) is 0 Å². The molecular formula is C29H30N6OS. The lowest BCUT2D eigenvalue weighted by Crippen LogP contribution is -2.32. The van der Waals surface area contributed by atoms with Gasteiger partial charge in [0, 0.05) is 55.2 Å². The van der Waals surface area contributed by atoms with E-state index in [1.165, 1.54) is 5.56 Å². The van der Waals surface area contributed by atoms with Crippen LogP contribution >= 0.6 is 12.2 Å². The number of rotatable bonds is 8. The number of benzene rings is 1. The number of anilines is 1. The molecule has 3 aromatic heterocycles. The van der Waals surface area contributed by atoms with E-state index < -0.39 is 0 Å². The molecule has 37 heavy (non-hydrogen) atoms. The van der Waals surface area contributed by atoms with Gasteiger partial charge in [-0.25, -0.2) is 0 Å². The summed E-state index contributed by atoms with van der Waals surface area (Å²) in [7, 11) is 0. The van der Waals surface area contributed by atoms with Crippen molar-refractivity contribution in [3.63, 3.8) is 0 Å². The van der Waals surface area contributed by atoms with Gasteiger partial charge in [-0.1, -0.05) is 30.3 Å². The van der Waals surface area contributed by atoms with Gasteiger partial charge in [0.15, 0.2) is 5.11 Å². The lowest BCUT2D eigenvalue weighted by molar-refractivity contribution is -0.116. The zero-order valence-corrected chi connectivity index (χ0v) is 21.8. The summed E-state index contributed by atoms with van der Waals surface area (Å²) >= 11 is 5.80. The number of carbonyl (C=O) groups is 1. The molecule has 1 aliphatic heterocycles. The Kier molecular flexibility index (Phi) is 7.28. The Balaban J connectivity index is 1.44. The van der Waals surface area contributed by atoms with Crippen molar-refractivity contribution >= 4 is 28.9 Å². The van der Waals surface area contributed by atoms with Crippen molar-refractivity contribution in [2.75, 3.05) is 11.9 Å². The maximum Gasteiger partial charge on any atom is 0.226 e. The second-order valence-electron chi connectivity index (χ2n) is 9.26. The van der Waals surface area contributed by atoms with Crippen LogP contribution in [0.1, 0.15) is 46.7 Å². The van der Waals surface area contributed by atoms with E-state index in [0.717, 1.165) is 34.9 Å². The molecule has 2 atom stereocenters. The molecule has 188 valence electrons. The fourth-order valence-corrected chi connectivity index (χ4v) is 5.33. The van der Waals surface area contributed by atoms with Gasteiger partial charge in [0.2, 0.25) is 5.91 Å². The van der Waals surface area contributed by atoms with Crippen LogP contribution in [0.3, 0.4) is 0 Å². The van der Waals surface area contributed by atoms with Gasteiger partial charge < -0.3 is 20.1 Å². The van der Waals surface area contributed by atoms with Crippen molar-refractivity contribution < 1.29 is 4.79 Å². The summed E-state index contributed by atoms with van der Waals surface area (Å²) in [5.41, 5.74) is 6.35. The molecular weight excluding hydrogens is 480 g/mol. The maximum atomic E-state index is 12.8. The Hall–Kier alpha value is -4.04. The van der Waals surface area contributed by atoms with Crippen LogP contribution < -0.4 is 10.6 Å². The number of thiocarbonyl (C=S) groups is 1. The van der Waals surface area contributed by atoms with E-state index in [2.05, 4.69) is 56.0 Å². The highest BCUT2D eigenvalue weighted by molar-refractivity contribution is 7.80. The molecule has 5 rings (SSSR count). The third-order valence-corrected chi connectivity index (χ3v) is 7.18. The Morgan fingerprint density at radius 1 is 1.05 bits per heavy atom. The summed E-state index contributed by atoms with van der Waals surface area (Å²) in [6, 6.07) is 21.5. The van der Waals surface area contributed by atoms with Crippen molar-refractivity contribution in [3.05, 3.63) is 114 Å². The zero-order valence-electron chi connectivity index (χ0n) is 21.0. The Bertz CT molecular complexity index is 1370. The van der Waals surface area contributed by atoms with Crippen LogP contribution in [-0.4, -0.2) is 37.0 Å². The molecule has 1 fully saturated rings. The summed E-state index contributed by atoms with van der Waals surface area (Å²) in [6.07, 6.45) is 5.81. The molecule has 0 bridgehead atoms. The van der Waals surface area contributed by atoms with E-state index in [-0.39, 0.29) is 18.0 Å². The Morgan fingerprint density at radius 3 is 2.59 bits per heavy atom. The summed E-state index contributed by atoms with van der Waals surface area (Å²) in [5.74, 6) is -0.0453. The molecule has 4 aromatic rings. The molecule has 0 saturated carbocycles. The van der Waals surface area contributed by atoms with Gasteiger partial charge in [0.1, 0.15) is 0 Å². The number of hydrogen-bond donors (Lipinski definition) is 2. The number of para-hydroxylation sites is 1. The Morgan fingerprint density at radius 2 is 1.86 bits per heavy atom. The lowest BCUT2D eigenvalue weighted by Gasteiger charge is -2.28. The third kappa shape index (κ3) is 5.39. The van der Waals surface area contributed by atoms with Crippen LogP contribution in [0, 0.1) is 13.8 Å². The number of nitrogens with one attached hydrogen (secondary N) is 2. The van der Waals surface area contributed by atoms with E-state index in [0.29, 0.717) is 18.1 Å². The normalized spacial score (nSPS) is 17.0. The van der Waals surface area contributed by atoms with Crippen molar-refractivity contribution in [3.8, 4) is 0 Å². The first-order chi connectivity index (χ1) is 18.0. The number of nitrogens with zero attached hydrogens (tertiary/aromatic N) is 4. The topological polar surface area (TPSA) is 75.1 Å². The van der Waals surface area contributed by atoms with E-state index >= 15 is 0 Å². The van der Waals surface area contributed by atoms with Crippen molar-refractivity contribution in [1.29, 1.82) is 0 Å². The van der Waals surface area contributed by atoms with Crippen LogP contribution in [0.2, 0.25) is 0 Å². The summed E-state index contributed by atoms with van der Waals surface area (Å²) in [4.78, 5) is 23.8. The molecule has 0 unspecified atom stereocenters. The first-order valence-electron chi connectivity index (χ1n) is 12.4. The fraction of sp³-hybridized carbons (Fsp3) is 0.241. The van der Waals surface area contributed by atoms with Crippen LogP contribution in [0.25, 0.3) is 0 Å². The molecule has 1 saturated heterocycles. The van der Waals surface area contributed by atoms with E-state index in [9.17, 15) is 4.79 Å². The number of aryl methyl sites for hydroxylation is 1. The van der Waals surface area contributed by atoms with Gasteiger partial charge in [0.05, 0.1) is 17.8 Å². The highest BCUT2D eigenvalue weighted by atomic mass is 32.1. The minimum Gasteiger partial charge on any atom is -0.352 e. The SMILES string of the molecule is Cc1cc([C@@H]2[C@@H](c3ccccn3)NC(=S)N2CCC(=O)Nc2ccccc2)c(C)n1Cc1cccnc1. The average molecular weight is 511 g/mol. The number of pyridine rings is 2. The second kappa shape index (κ2) is 10.9. The molecule has 0 spiro atoms. The van der Waals surface area contributed by atoms with Gasteiger partial charge in [-0.3, -0.25) is 14.8 Å².